The third-order valence-corrected chi connectivity index (χ3v) is 6.46. The molecule has 0 saturated heterocycles. The predicted molar refractivity (Wildman–Crippen MR) is 144 cm³/mol. The van der Waals surface area contributed by atoms with Gasteiger partial charge in [0, 0.05) is 12.3 Å². The van der Waals surface area contributed by atoms with Crippen LogP contribution in [0.5, 0.6) is 0 Å². The number of fused-ring (bicyclic) bond motifs is 1. The van der Waals surface area contributed by atoms with Gasteiger partial charge in [0.15, 0.2) is 0 Å². The zero-order valence-corrected chi connectivity index (χ0v) is 21.1. The molecule has 0 spiro atoms. The first kappa shape index (κ1) is 26.6. The van der Waals surface area contributed by atoms with Crippen LogP contribution in [0, 0.1) is 5.92 Å². The van der Waals surface area contributed by atoms with Gasteiger partial charge in [0.25, 0.3) is 0 Å². The van der Waals surface area contributed by atoms with Gasteiger partial charge in [-0.3, -0.25) is 9.59 Å². The average Bonchev–Trinajstić information content (AvgIpc) is 3.37. The standard InChI is InChI=1S/C29H30N6O3/c30-27(29(37)38)18-25-19-35(20-31-25)34-33-32-28(36)24(13-5-4-11-21-9-2-1-3-10-21)17-23-15-8-14-22-12-6-7-16-26(22)23/h1-3,6-10,12,14-16,19-20,24,27H,4-5,11,13,17-18,30H2/p+1/t24?,27-/m0/s1. The fourth-order valence-electron chi connectivity index (χ4n) is 4.42. The number of carboxylic acids is 1. The highest BCUT2D eigenvalue weighted by atomic mass is 16.4. The Balaban J connectivity index is 1.45. The number of nitrogens with zero attached hydrogens (tertiary/aromatic N) is 5. The molecule has 4 rings (SSSR count). The van der Waals surface area contributed by atoms with Gasteiger partial charge in [-0.25, -0.2) is 4.98 Å². The second-order valence-corrected chi connectivity index (χ2v) is 9.28. The maximum Gasteiger partial charge on any atom is 0.320 e. The SMILES string of the molecule is N[C@@H](Cc1cn(N=[N+]=NC(=O)C(CCCCc2ccccc2)Cc2cccc3ccccc23)cn1)C(=O)O. The summed E-state index contributed by atoms with van der Waals surface area (Å²) in [5.41, 5.74) is 8.39. The molecule has 0 aliphatic rings. The summed E-state index contributed by atoms with van der Waals surface area (Å²) in [6.07, 6.45) is 7.00. The number of benzene rings is 3. The van der Waals surface area contributed by atoms with Crippen molar-refractivity contribution in [1.82, 2.24) is 14.6 Å². The number of amides is 1. The molecule has 0 saturated carbocycles. The number of carbonyl (C=O) groups is 2. The van der Waals surface area contributed by atoms with Crippen LogP contribution in [0.3, 0.4) is 0 Å². The van der Waals surface area contributed by atoms with Crippen LogP contribution < -0.4 is 10.6 Å². The third kappa shape index (κ3) is 7.52. The van der Waals surface area contributed by atoms with Gasteiger partial charge < -0.3 is 10.8 Å². The van der Waals surface area contributed by atoms with E-state index in [1.54, 1.807) is 0 Å². The van der Waals surface area contributed by atoms with Crippen LogP contribution in [0.25, 0.3) is 10.8 Å². The van der Waals surface area contributed by atoms with E-state index in [2.05, 4.69) is 56.6 Å². The van der Waals surface area contributed by atoms with Crippen LogP contribution in [0.4, 0.5) is 0 Å². The Morgan fingerprint density at radius 1 is 0.974 bits per heavy atom. The van der Waals surface area contributed by atoms with E-state index in [9.17, 15) is 9.59 Å². The lowest BCUT2D eigenvalue weighted by Gasteiger charge is -2.14. The number of carbonyl (C=O) groups excluding carboxylic acids is 1. The lowest BCUT2D eigenvalue weighted by atomic mass is 9.90. The van der Waals surface area contributed by atoms with E-state index in [0.717, 1.165) is 35.6 Å². The summed E-state index contributed by atoms with van der Waals surface area (Å²) >= 11 is 0. The first-order valence-electron chi connectivity index (χ1n) is 12.7. The van der Waals surface area contributed by atoms with E-state index < -0.39 is 12.0 Å². The van der Waals surface area contributed by atoms with E-state index in [1.807, 2.05) is 36.4 Å². The van der Waals surface area contributed by atoms with E-state index in [1.165, 1.54) is 22.8 Å². The molecule has 38 heavy (non-hydrogen) atoms. The van der Waals surface area contributed by atoms with Crippen molar-refractivity contribution in [2.24, 2.45) is 22.0 Å². The summed E-state index contributed by atoms with van der Waals surface area (Å²) in [4.78, 5) is 31.9. The maximum absolute atomic E-state index is 13.1. The van der Waals surface area contributed by atoms with Crippen LogP contribution in [-0.4, -0.2) is 32.7 Å². The van der Waals surface area contributed by atoms with E-state index in [-0.39, 0.29) is 18.2 Å². The van der Waals surface area contributed by atoms with Gasteiger partial charge in [0.05, 0.1) is 15.7 Å². The largest absolute Gasteiger partial charge is 0.480 e. The second-order valence-electron chi connectivity index (χ2n) is 9.28. The highest BCUT2D eigenvalue weighted by Crippen LogP contribution is 2.24. The van der Waals surface area contributed by atoms with Crippen LogP contribution in [0.1, 0.15) is 36.1 Å². The number of imidazole rings is 1. The Morgan fingerprint density at radius 2 is 1.74 bits per heavy atom. The molecule has 9 heteroatoms. The van der Waals surface area contributed by atoms with Crippen molar-refractivity contribution in [2.45, 2.75) is 44.6 Å². The van der Waals surface area contributed by atoms with Gasteiger partial charge in [-0.2, -0.15) is 0 Å². The first-order valence-corrected chi connectivity index (χ1v) is 12.7. The Hall–Kier alpha value is -4.46. The molecule has 0 aliphatic heterocycles. The monoisotopic (exact) mass is 511 g/mol. The minimum atomic E-state index is -1.11. The van der Waals surface area contributed by atoms with Gasteiger partial charge in [0.2, 0.25) is 11.6 Å². The lowest BCUT2D eigenvalue weighted by Crippen LogP contribution is -2.32. The zero-order valence-electron chi connectivity index (χ0n) is 21.1. The Kier molecular flexibility index (Phi) is 9.23. The first-order chi connectivity index (χ1) is 18.5. The van der Waals surface area contributed by atoms with Gasteiger partial charge in [-0.1, -0.05) is 83.9 Å². The second kappa shape index (κ2) is 13.2. The van der Waals surface area contributed by atoms with Crippen LogP contribution in [0.2, 0.25) is 0 Å². The van der Waals surface area contributed by atoms with Crippen molar-refractivity contribution < 1.29 is 14.7 Å². The number of aryl methyl sites for hydroxylation is 1. The third-order valence-electron chi connectivity index (χ3n) is 6.46. The zero-order chi connectivity index (χ0) is 26.7. The van der Waals surface area contributed by atoms with Gasteiger partial charge >= 0.3 is 11.9 Å². The molecular weight excluding hydrogens is 480 g/mol. The summed E-state index contributed by atoms with van der Waals surface area (Å²) < 4.78 is 1.28. The average molecular weight is 512 g/mol. The van der Waals surface area contributed by atoms with E-state index in [0.29, 0.717) is 18.5 Å². The molecule has 2 atom stereocenters. The van der Waals surface area contributed by atoms with Crippen molar-refractivity contribution in [3.05, 3.63) is 102 Å². The molecule has 0 radical (unpaired) electrons. The van der Waals surface area contributed by atoms with Crippen LogP contribution in [-0.2, 0) is 28.9 Å². The highest BCUT2D eigenvalue weighted by Gasteiger charge is 2.22. The number of aliphatic carboxylic acids is 1. The molecule has 0 fully saturated rings. The minimum Gasteiger partial charge on any atom is -0.480 e. The molecule has 0 bridgehead atoms. The van der Waals surface area contributed by atoms with Crippen molar-refractivity contribution in [2.75, 3.05) is 0 Å². The minimum absolute atomic E-state index is 0.0595. The van der Waals surface area contributed by atoms with Crippen molar-refractivity contribution >= 4 is 22.6 Å². The normalized spacial score (nSPS) is 12.4. The maximum atomic E-state index is 13.1. The lowest BCUT2D eigenvalue weighted by molar-refractivity contribution is -0.138. The smallest absolute Gasteiger partial charge is 0.320 e. The molecule has 3 aromatic carbocycles. The molecule has 9 nitrogen and oxygen atoms in total. The van der Waals surface area contributed by atoms with Gasteiger partial charge in [-0.05, 0) is 47.6 Å². The Bertz CT molecular complexity index is 1440. The molecule has 1 amide bonds. The molecule has 1 heterocycles. The Labute approximate surface area is 220 Å². The summed E-state index contributed by atoms with van der Waals surface area (Å²) in [7, 11) is 0. The number of rotatable bonds is 12. The van der Waals surface area contributed by atoms with Crippen molar-refractivity contribution in [3.63, 3.8) is 0 Å². The fraction of sp³-hybridized carbons (Fsp3) is 0.276. The molecule has 1 aromatic heterocycles. The summed E-state index contributed by atoms with van der Waals surface area (Å²) in [6.45, 7) is 0. The number of nitrogens with two attached hydrogens (primary N) is 1. The number of carboxylic acid groups (broad SMARTS) is 1. The van der Waals surface area contributed by atoms with Gasteiger partial charge in [-0.15, -0.1) is 0 Å². The van der Waals surface area contributed by atoms with Gasteiger partial charge in [0.1, 0.15) is 12.2 Å². The van der Waals surface area contributed by atoms with Crippen molar-refractivity contribution in [3.8, 4) is 0 Å². The summed E-state index contributed by atoms with van der Waals surface area (Å²) in [6, 6.07) is 23.5. The molecule has 1 unspecified atom stereocenters. The predicted octanol–water partition coefficient (Wildman–Crippen LogP) is 4.52. The Morgan fingerprint density at radius 3 is 2.55 bits per heavy atom. The summed E-state index contributed by atoms with van der Waals surface area (Å²) in [5, 5.41) is 19.0. The molecule has 0 aliphatic carbocycles. The number of unbranched alkanes of at least 4 members (excludes halogenated alkanes) is 1. The van der Waals surface area contributed by atoms with E-state index >= 15 is 0 Å². The molecule has 3 N–H and O–H groups in total. The quantitative estimate of drug-likeness (QED) is 0.164. The summed E-state index contributed by atoms with van der Waals surface area (Å²) in [5.74, 6) is -1.76. The van der Waals surface area contributed by atoms with Crippen molar-refractivity contribution in [1.29, 1.82) is 0 Å². The number of hydrogen-bond acceptors (Lipinski definition) is 5. The highest BCUT2D eigenvalue weighted by molar-refractivity contribution is 5.86. The molecular formula is C29H31N6O3+. The van der Waals surface area contributed by atoms with Crippen LogP contribution in [0.15, 0.2) is 95.7 Å². The molecule has 194 valence electrons. The fourth-order valence-corrected chi connectivity index (χ4v) is 4.42. The van der Waals surface area contributed by atoms with E-state index in [4.69, 9.17) is 10.8 Å². The number of aromatic nitrogens is 2. The number of hydrogen-bond donors (Lipinski definition) is 2. The molecule has 4 aromatic rings. The topological polar surface area (TPSA) is 137 Å². The van der Waals surface area contributed by atoms with Crippen LogP contribution >= 0.6 is 0 Å².